The van der Waals surface area contributed by atoms with Gasteiger partial charge in [-0.2, -0.15) is 0 Å². The van der Waals surface area contributed by atoms with E-state index in [9.17, 15) is 4.79 Å². The third-order valence-electron chi connectivity index (χ3n) is 1.71. The van der Waals surface area contributed by atoms with E-state index in [1.165, 1.54) is 18.4 Å². The van der Waals surface area contributed by atoms with Crippen molar-refractivity contribution >= 4 is 17.3 Å². The molecule has 0 aliphatic carbocycles. The van der Waals surface area contributed by atoms with Crippen LogP contribution in [-0.4, -0.2) is 38.3 Å². The molecule has 0 unspecified atom stereocenters. The molecule has 5 nitrogen and oxygen atoms in total. The zero-order chi connectivity index (χ0) is 11.1. The van der Waals surface area contributed by atoms with Crippen molar-refractivity contribution in [2.45, 2.75) is 6.54 Å². The van der Waals surface area contributed by atoms with Crippen molar-refractivity contribution in [3.63, 3.8) is 0 Å². The molecule has 0 aliphatic heterocycles. The molecule has 0 atom stereocenters. The van der Waals surface area contributed by atoms with Gasteiger partial charge in [0.15, 0.2) is 5.69 Å². The number of thiazole rings is 1. The second kappa shape index (κ2) is 6.49. The van der Waals surface area contributed by atoms with Gasteiger partial charge < -0.3 is 14.8 Å². The molecule has 1 rings (SSSR count). The Morgan fingerprint density at radius 2 is 2.40 bits per heavy atom. The van der Waals surface area contributed by atoms with Crippen molar-refractivity contribution in [3.8, 4) is 0 Å². The fourth-order valence-electron chi connectivity index (χ4n) is 0.960. The van der Waals surface area contributed by atoms with Crippen molar-refractivity contribution in [2.75, 3.05) is 27.4 Å². The molecule has 1 aromatic rings. The van der Waals surface area contributed by atoms with Crippen molar-refractivity contribution in [1.29, 1.82) is 0 Å². The van der Waals surface area contributed by atoms with Gasteiger partial charge >= 0.3 is 5.97 Å². The van der Waals surface area contributed by atoms with Gasteiger partial charge in [-0.05, 0) is 0 Å². The molecule has 0 fully saturated rings. The maximum Gasteiger partial charge on any atom is 0.357 e. The SMILES string of the molecule is COCCNCc1nc(C(=O)OC)cs1. The summed E-state index contributed by atoms with van der Waals surface area (Å²) < 4.78 is 9.44. The number of aromatic nitrogens is 1. The molecule has 1 aromatic heterocycles. The van der Waals surface area contributed by atoms with Gasteiger partial charge in [-0.3, -0.25) is 0 Å². The number of nitrogens with zero attached hydrogens (tertiary/aromatic N) is 1. The lowest BCUT2D eigenvalue weighted by Gasteiger charge is -2.00. The first-order chi connectivity index (χ1) is 7.27. The fourth-order valence-corrected chi connectivity index (χ4v) is 1.69. The lowest BCUT2D eigenvalue weighted by atomic mass is 10.5. The van der Waals surface area contributed by atoms with Gasteiger partial charge in [-0.25, -0.2) is 9.78 Å². The van der Waals surface area contributed by atoms with E-state index < -0.39 is 5.97 Å². The normalized spacial score (nSPS) is 10.3. The highest BCUT2D eigenvalue weighted by Gasteiger charge is 2.09. The zero-order valence-corrected chi connectivity index (χ0v) is 9.60. The van der Waals surface area contributed by atoms with Gasteiger partial charge in [-0.15, -0.1) is 11.3 Å². The minimum Gasteiger partial charge on any atom is -0.464 e. The van der Waals surface area contributed by atoms with E-state index in [4.69, 9.17) is 4.74 Å². The molecule has 0 amide bonds. The van der Waals surface area contributed by atoms with Gasteiger partial charge in [0.1, 0.15) is 5.01 Å². The molecule has 0 saturated carbocycles. The first-order valence-corrected chi connectivity index (χ1v) is 5.38. The molecule has 15 heavy (non-hydrogen) atoms. The third-order valence-corrected chi connectivity index (χ3v) is 2.55. The van der Waals surface area contributed by atoms with Crippen molar-refractivity contribution in [1.82, 2.24) is 10.3 Å². The van der Waals surface area contributed by atoms with Gasteiger partial charge in [0, 0.05) is 25.6 Å². The number of hydrogen-bond donors (Lipinski definition) is 1. The van der Waals surface area contributed by atoms with Crippen LogP contribution in [0.3, 0.4) is 0 Å². The largest absolute Gasteiger partial charge is 0.464 e. The van der Waals surface area contributed by atoms with E-state index in [1.807, 2.05) is 0 Å². The topological polar surface area (TPSA) is 60.5 Å². The van der Waals surface area contributed by atoms with Crippen LogP contribution in [0, 0.1) is 0 Å². The summed E-state index contributed by atoms with van der Waals surface area (Å²) in [4.78, 5) is 15.2. The number of rotatable bonds is 6. The van der Waals surface area contributed by atoms with Crippen LogP contribution in [0.2, 0.25) is 0 Å². The van der Waals surface area contributed by atoms with Crippen LogP contribution in [0.25, 0.3) is 0 Å². The van der Waals surface area contributed by atoms with Crippen LogP contribution in [0.1, 0.15) is 15.5 Å². The van der Waals surface area contributed by atoms with E-state index in [1.54, 1.807) is 12.5 Å². The predicted molar refractivity (Wildman–Crippen MR) is 57.0 cm³/mol. The number of esters is 1. The molecule has 0 aliphatic rings. The average molecular weight is 230 g/mol. The fraction of sp³-hybridized carbons (Fsp3) is 0.556. The minimum atomic E-state index is -0.394. The number of methoxy groups -OCH3 is 2. The number of carbonyl (C=O) groups is 1. The lowest BCUT2D eigenvalue weighted by molar-refractivity contribution is 0.0594. The van der Waals surface area contributed by atoms with Crippen molar-refractivity contribution < 1.29 is 14.3 Å². The summed E-state index contributed by atoms with van der Waals surface area (Å²) in [5.74, 6) is -0.394. The van der Waals surface area contributed by atoms with Crippen LogP contribution in [0.15, 0.2) is 5.38 Å². The summed E-state index contributed by atoms with van der Waals surface area (Å²) in [6, 6.07) is 0. The Bertz CT molecular complexity index is 314. The molecule has 6 heteroatoms. The first kappa shape index (κ1) is 12.1. The van der Waals surface area contributed by atoms with Gasteiger partial charge in [-0.1, -0.05) is 0 Å². The monoisotopic (exact) mass is 230 g/mol. The Labute approximate surface area is 92.4 Å². The van der Waals surface area contributed by atoms with Crippen LogP contribution >= 0.6 is 11.3 Å². The van der Waals surface area contributed by atoms with Crippen LogP contribution in [0.5, 0.6) is 0 Å². The van der Waals surface area contributed by atoms with Crippen LogP contribution < -0.4 is 5.32 Å². The Morgan fingerprint density at radius 1 is 1.60 bits per heavy atom. The number of ether oxygens (including phenoxy) is 2. The standard InChI is InChI=1S/C9H14N2O3S/c1-13-4-3-10-5-8-11-7(6-15-8)9(12)14-2/h6,10H,3-5H2,1-2H3. The van der Waals surface area contributed by atoms with Crippen molar-refractivity contribution in [2.24, 2.45) is 0 Å². The highest BCUT2D eigenvalue weighted by molar-refractivity contribution is 7.09. The third kappa shape index (κ3) is 3.94. The van der Waals surface area contributed by atoms with E-state index >= 15 is 0 Å². The first-order valence-electron chi connectivity index (χ1n) is 4.50. The molecule has 84 valence electrons. The number of hydrogen-bond acceptors (Lipinski definition) is 6. The molecule has 1 heterocycles. The minimum absolute atomic E-state index is 0.367. The van der Waals surface area contributed by atoms with Crippen LogP contribution in [0.4, 0.5) is 0 Å². The maximum absolute atomic E-state index is 11.1. The number of nitrogens with one attached hydrogen (secondary N) is 1. The maximum atomic E-state index is 11.1. The van der Waals surface area contributed by atoms with E-state index in [0.717, 1.165) is 11.6 Å². The summed E-state index contributed by atoms with van der Waals surface area (Å²) in [5, 5.41) is 5.70. The van der Waals surface area contributed by atoms with E-state index in [-0.39, 0.29) is 0 Å². The molecular formula is C9H14N2O3S. The van der Waals surface area contributed by atoms with Crippen LogP contribution in [-0.2, 0) is 16.0 Å². The average Bonchev–Trinajstić information content (AvgIpc) is 2.72. The summed E-state index contributed by atoms with van der Waals surface area (Å²) in [6.45, 7) is 2.07. The second-order valence-electron chi connectivity index (χ2n) is 2.79. The Hall–Kier alpha value is -0.980. The summed E-state index contributed by atoms with van der Waals surface area (Å²) in [7, 11) is 3.00. The number of carbonyl (C=O) groups excluding carboxylic acids is 1. The highest BCUT2D eigenvalue weighted by Crippen LogP contribution is 2.09. The van der Waals surface area contributed by atoms with Gasteiger partial charge in [0.2, 0.25) is 0 Å². The molecular weight excluding hydrogens is 216 g/mol. The highest BCUT2D eigenvalue weighted by atomic mass is 32.1. The molecule has 0 bridgehead atoms. The van der Waals surface area contributed by atoms with Crippen molar-refractivity contribution in [3.05, 3.63) is 16.1 Å². The molecule has 0 spiro atoms. The van der Waals surface area contributed by atoms with Gasteiger partial charge in [0.25, 0.3) is 0 Å². The smallest absolute Gasteiger partial charge is 0.357 e. The lowest BCUT2D eigenvalue weighted by Crippen LogP contribution is -2.18. The quantitative estimate of drug-likeness (QED) is 0.575. The van der Waals surface area contributed by atoms with Gasteiger partial charge in [0.05, 0.1) is 13.7 Å². The van der Waals surface area contributed by atoms with E-state index in [0.29, 0.717) is 18.8 Å². The Balaban J connectivity index is 2.36. The summed E-state index contributed by atoms with van der Waals surface area (Å²) in [5.41, 5.74) is 0.367. The predicted octanol–water partition coefficient (Wildman–Crippen LogP) is 0.666. The molecule has 0 saturated heterocycles. The Morgan fingerprint density at radius 3 is 3.07 bits per heavy atom. The Kier molecular flexibility index (Phi) is 5.23. The summed E-state index contributed by atoms with van der Waals surface area (Å²) in [6.07, 6.45) is 0. The molecule has 1 N–H and O–H groups in total. The molecule has 0 radical (unpaired) electrons. The second-order valence-corrected chi connectivity index (χ2v) is 3.73. The zero-order valence-electron chi connectivity index (χ0n) is 8.78. The van der Waals surface area contributed by atoms with E-state index in [2.05, 4.69) is 15.0 Å². The summed E-state index contributed by atoms with van der Waals surface area (Å²) >= 11 is 1.44. The molecule has 0 aromatic carbocycles.